The Bertz CT molecular complexity index is 1320. The van der Waals surface area contributed by atoms with Crippen molar-refractivity contribution >= 4 is 40.4 Å². The summed E-state index contributed by atoms with van der Waals surface area (Å²) < 4.78 is 5.54. The highest BCUT2D eigenvalue weighted by molar-refractivity contribution is 7.99. The lowest BCUT2D eigenvalue weighted by Crippen LogP contribution is -2.22. The van der Waals surface area contributed by atoms with Crippen molar-refractivity contribution in [2.45, 2.75) is 30.2 Å². The van der Waals surface area contributed by atoms with Crippen LogP contribution in [-0.2, 0) is 6.54 Å². The summed E-state index contributed by atoms with van der Waals surface area (Å²) in [6.45, 7) is 4.35. The smallest absolute Gasteiger partial charge is 0.251 e. The van der Waals surface area contributed by atoms with Crippen LogP contribution >= 0.6 is 23.1 Å². The quantitative estimate of drug-likeness (QED) is 0.343. The third-order valence-electron chi connectivity index (χ3n) is 5.11. The number of nitrogens with zero attached hydrogens (tertiary/aromatic N) is 1. The number of rotatable bonds is 4. The summed E-state index contributed by atoms with van der Waals surface area (Å²) in [5, 5.41) is 5.02. The Labute approximate surface area is 189 Å². The second kappa shape index (κ2) is 8.21. The maximum absolute atomic E-state index is 12.8. The Balaban J connectivity index is 1.51. The number of amides is 1. The standard InChI is InChI=1S/C25H20N2O2S2/c1-15-11-12-30-24(15)23-19-5-3-4-6-21(19)31-22-10-8-17(13-20(22)27-23)25(28)26-14-18-9-7-16(2)29-18/h3-13H,14H2,1-2H3,(H,26,28). The first-order chi connectivity index (χ1) is 15.1. The first kappa shape index (κ1) is 19.8. The molecule has 2 aromatic carbocycles. The molecule has 6 heteroatoms. The van der Waals surface area contributed by atoms with Gasteiger partial charge in [-0.2, -0.15) is 0 Å². The molecule has 0 spiro atoms. The summed E-state index contributed by atoms with van der Waals surface area (Å²) in [7, 11) is 0. The van der Waals surface area contributed by atoms with Crippen molar-refractivity contribution in [3.8, 4) is 0 Å². The summed E-state index contributed by atoms with van der Waals surface area (Å²) >= 11 is 3.38. The molecule has 31 heavy (non-hydrogen) atoms. The Hall–Kier alpha value is -3.09. The molecule has 0 atom stereocenters. The van der Waals surface area contributed by atoms with E-state index in [0.717, 1.165) is 43.2 Å². The van der Waals surface area contributed by atoms with Gasteiger partial charge in [0.05, 0.1) is 22.8 Å². The van der Waals surface area contributed by atoms with E-state index < -0.39 is 0 Å². The van der Waals surface area contributed by atoms with Gasteiger partial charge in [0.2, 0.25) is 0 Å². The number of furan rings is 1. The molecular weight excluding hydrogens is 424 g/mol. The van der Waals surface area contributed by atoms with Gasteiger partial charge in [0.1, 0.15) is 11.5 Å². The molecule has 154 valence electrons. The van der Waals surface area contributed by atoms with E-state index in [1.807, 2.05) is 49.4 Å². The topological polar surface area (TPSA) is 54.6 Å². The van der Waals surface area contributed by atoms with Gasteiger partial charge in [0, 0.05) is 20.9 Å². The average molecular weight is 445 g/mol. The Morgan fingerprint density at radius 3 is 2.68 bits per heavy atom. The summed E-state index contributed by atoms with van der Waals surface area (Å²) in [5.41, 5.74) is 4.67. The summed E-state index contributed by atoms with van der Waals surface area (Å²) in [6.07, 6.45) is 0. The van der Waals surface area contributed by atoms with E-state index in [-0.39, 0.29) is 5.91 Å². The van der Waals surface area contributed by atoms with Gasteiger partial charge in [-0.15, -0.1) is 11.3 Å². The molecule has 1 amide bonds. The fraction of sp³-hybridized carbons (Fsp3) is 0.120. The zero-order valence-electron chi connectivity index (χ0n) is 17.1. The Morgan fingerprint density at radius 2 is 1.90 bits per heavy atom. The maximum Gasteiger partial charge on any atom is 0.251 e. The molecular formula is C25H20N2O2S2. The highest BCUT2D eigenvalue weighted by Gasteiger charge is 2.21. The second-order valence-corrected chi connectivity index (χ2v) is 9.37. The molecule has 0 saturated heterocycles. The molecule has 0 unspecified atom stereocenters. The lowest BCUT2D eigenvalue weighted by Gasteiger charge is -2.08. The molecule has 4 aromatic rings. The molecule has 0 fully saturated rings. The molecule has 2 aromatic heterocycles. The fourth-order valence-corrected chi connectivity index (χ4v) is 5.45. The number of aliphatic imine (C=N–C) groups is 1. The van der Waals surface area contributed by atoms with Crippen LogP contribution < -0.4 is 5.32 Å². The Morgan fingerprint density at radius 1 is 1.03 bits per heavy atom. The van der Waals surface area contributed by atoms with Crippen molar-refractivity contribution in [2.24, 2.45) is 4.99 Å². The lowest BCUT2D eigenvalue weighted by molar-refractivity contribution is 0.0948. The molecule has 1 aliphatic heterocycles. The van der Waals surface area contributed by atoms with Crippen LogP contribution in [-0.4, -0.2) is 11.6 Å². The molecule has 0 saturated carbocycles. The van der Waals surface area contributed by atoms with E-state index >= 15 is 0 Å². The van der Waals surface area contributed by atoms with E-state index in [2.05, 4.69) is 35.8 Å². The SMILES string of the molecule is Cc1ccc(CNC(=O)c2ccc3c(c2)N=C(c2sccc2C)c2ccccc2S3)o1. The molecule has 5 rings (SSSR count). The molecule has 3 heterocycles. The molecule has 1 aliphatic rings. The van der Waals surface area contributed by atoms with Gasteiger partial charge in [-0.05, 0) is 67.3 Å². The fourth-order valence-electron chi connectivity index (χ4n) is 3.52. The molecule has 0 bridgehead atoms. The maximum atomic E-state index is 12.8. The minimum atomic E-state index is -0.146. The largest absolute Gasteiger partial charge is 0.465 e. The number of carbonyl (C=O) groups excluding carboxylic acids is 1. The average Bonchev–Trinajstić information content (AvgIpc) is 3.35. The number of carbonyl (C=O) groups is 1. The number of thiophene rings is 1. The number of nitrogens with one attached hydrogen (secondary N) is 1. The number of benzene rings is 2. The number of aryl methyl sites for hydroxylation is 2. The summed E-state index contributed by atoms with van der Waals surface area (Å²) in [6, 6.07) is 19.9. The summed E-state index contributed by atoms with van der Waals surface area (Å²) in [4.78, 5) is 21.2. The van der Waals surface area contributed by atoms with Crippen LogP contribution in [0.25, 0.3) is 0 Å². The molecule has 0 aliphatic carbocycles. The van der Waals surface area contributed by atoms with Crippen molar-refractivity contribution in [3.63, 3.8) is 0 Å². The second-order valence-electron chi connectivity index (χ2n) is 7.37. The minimum Gasteiger partial charge on any atom is -0.465 e. The highest BCUT2D eigenvalue weighted by atomic mass is 32.2. The van der Waals surface area contributed by atoms with Gasteiger partial charge in [-0.3, -0.25) is 4.79 Å². The predicted molar refractivity (Wildman–Crippen MR) is 126 cm³/mol. The number of fused-ring (bicyclic) bond motifs is 2. The van der Waals surface area contributed by atoms with Crippen LogP contribution in [0.4, 0.5) is 5.69 Å². The van der Waals surface area contributed by atoms with Crippen LogP contribution in [0.15, 0.2) is 85.2 Å². The van der Waals surface area contributed by atoms with Gasteiger partial charge >= 0.3 is 0 Å². The first-order valence-electron chi connectivity index (χ1n) is 9.96. The van der Waals surface area contributed by atoms with Gasteiger partial charge < -0.3 is 9.73 Å². The van der Waals surface area contributed by atoms with Crippen LogP contribution in [0.2, 0.25) is 0 Å². The van der Waals surface area contributed by atoms with Crippen LogP contribution in [0, 0.1) is 13.8 Å². The van der Waals surface area contributed by atoms with E-state index in [1.54, 1.807) is 23.1 Å². The monoisotopic (exact) mass is 444 g/mol. The van der Waals surface area contributed by atoms with E-state index in [1.165, 1.54) is 5.56 Å². The minimum absolute atomic E-state index is 0.146. The number of hydrogen-bond acceptors (Lipinski definition) is 5. The van der Waals surface area contributed by atoms with Gasteiger partial charge in [0.15, 0.2) is 0 Å². The van der Waals surface area contributed by atoms with Gasteiger partial charge in [0.25, 0.3) is 5.91 Å². The van der Waals surface area contributed by atoms with Crippen molar-refractivity contribution in [2.75, 3.05) is 0 Å². The molecule has 1 N–H and O–H groups in total. The van der Waals surface area contributed by atoms with Crippen molar-refractivity contribution in [1.82, 2.24) is 5.32 Å². The summed E-state index contributed by atoms with van der Waals surface area (Å²) in [5.74, 6) is 1.42. The van der Waals surface area contributed by atoms with Crippen molar-refractivity contribution in [3.05, 3.63) is 99.1 Å². The van der Waals surface area contributed by atoms with E-state index in [4.69, 9.17) is 9.41 Å². The van der Waals surface area contributed by atoms with Gasteiger partial charge in [-0.25, -0.2) is 4.99 Å². The van der Waals surface area contributed by atoms with Crippen LogP contribution in [0.5, 0.6) is 0 Å². The zero-order valence-corrected chi connectivity index (χ0v) is 18.8. The zero-order chi connectivity index (χ0) is 21.4. The predicted octanol–water partition coefficient (Wildman–Crippen LogP) is 6.52. The lowest BCUT2D eigenvalue weighted by atomic mass is 10.1. The van der Waals surface area contributed by atoms with E-state index in [9.17, 15) is 4.79 Å². The third kappa shape index (κ3) is 3.96. The van der Waals surface area contributed by atoms with Gasteiger partial charge in [-0.1, -0.05) is 30.0 Å². The van der Waals surface area contributed by atoms with Crippen LogP contribution in [0.3, 0.4) is 0 Å². The molecule has 0 radical (unpaired) electrons. The normalized spacial score (nSPS) is 12.5. The highest BCUT2D eigenvalue weighted by Crippen LogP contribution is 2.42. The number of hydrogen-bond donors (Lipinski definition) is 1. The van der Waals surface area contributed by atoms with Crippen LogP contribution in [0.1, 0.15) is 37.9 Å². The van der Waals surface area contributed by atoms with Crippen molar-refractivity contribution in [1.29, 1.82) is 0 Å². The first-order valence-corrected chi connectivity index (χ1v) is 11.7. The third-order valence-corrected chi connectivity index (χ3v) is 7.28. The Kier molecular flexibility index (Phi) is 5.26. The van der Waals surface area contributed by atoms with E-state index in [0.29, 0.717) is 12.1 Å². The molecule has 4 nitrogen and oxygen atoms in total. The van der Waals surface area contributed by atoms with Crippen molar-refractivity contribution < 1.29 is 9.21 Å².